The van der Waals surface area contributed by atoms with Crippen molar-refractivity contribution in [1.29, 1.82) is 0 Å². The molecule has 0 spiro atoms. The first-order chi connectivity index (χ1) is 14.5. The van der Waals surface area contributed by atoms with Crippen LogP contribution < -0.4 is 15.4 Å². The molecule has 0 aliphatic carbocycles. The van der Waals surface area contributed by atoms with E-state index in [0.717, 1.165) is 16.9 Å². The number of hydrogen-bond donors (Lipinski definition) is 4. The summed E-state index contributed by atoms with van der Waals surface area (Å²) in [4.78, 5) is 12.2. The summed E-state index contributed by atoms with van der Waals surface area (Å²) in [5, 5.41) is 27.2. The number of benzene rings is 2. The Balaban J connectivity index is 1.42. The smallest absolute Gasteiger partial charge is 0.222 e. The summed E-state index contributed by atoms with van der Waals surface area (Å²) in [5.41, 5.74) is 1.94. The van der Waals surface area contributed by atoms with Crippen molar-refractivity contribution in [2.75, 3.05) is 13.7 Å². The van der Waals surface area contributed by atoms with Crippen molar-refractivity contribution < 1.29 is 24.5 Å². The van der Waals surface area contributed by atoms with Gasteiger partial charge in [-0.05, 0) is 35.4 Å². The van der Waals surface area contributed by atoms with Crippen LogP contribution in [-0.4, -0.2) is 54.2 Å². The number of amides is 1. The molecule has 0 radical (unpaired) electrons. The number of nitrogens with one attached hydrogen (secondary N) is 2. The van der Waals surface area contributed by atoms with Crippen LogP contribution in [-0.2, 0) is 22.6 Å². The quantitative estimate of drug-likeness (QED) is 0.478. The van der Waals surface area contributed by atoms with Crippen molar-refractivity contribution in [3.63, 3.8) is 0 Å². The maximum absolute atomic E-state index is 12.2. The van der Waals surface area contributed by atoms with Crippen LogP contribution in [0.4, 0.5) is 0 Å². The normalized spacial score (nSPS) is 23.3. The molecular weight excluding hydrogens is 408 g/mol. The number of halogens is 1. The number of rotatable bonds is 9. The fraction of sp³-hybridized carbons (Fsp3) is 0.409. The molecule has 4 atom stereocenters. The van der Waals surface area contributed by atoms with E-state index >= 15 is 0 Å². The lowest BCUT2D eigenvalue weighted by Gasteiger charge is -2.15. The molecule has 3 rings (SSSR count). The zero-order valence-electron chi connectivity index (χ0n) is 16.8. The van der Waals surface area contributed by atoms with Gasteiger partial charge in [0, 0.05) is 24.7 Å². The molecule has 1 amide bonds. The van der Waals surface area contributed by atoms with Gasteiger partial charge in [0.2, 0.25) is 5.91 Å². The van der Waals surface area contributed by atoms with Gasteiger partial charge in [-0.1, -0.05) is 35.9 Å². The molecule has 1 fully saturated rings. The number of ether oxygens (including phenoxy) is 2. The number of methoxy groups -OCH3 is 1. The molecule has 0 bridgehead atoms. The van der Waals surface area contributed by atoms with Gasteiger partial charge in [0.15, 0.2) is 0 Å². The van der Waals surface area contributed by atoms with Crippen molar-refractivity contribution in [2.24, 2.45) is 0 Å². The fourth-order valence-electron chi connectivity index (χ4n) is 3.37. The Hall–Kier alpha value is -2.16. The molecule has 8 heteroatoms. The summed E-state index contributed by atoms with van der Waals surface area (Å²) in [6.45, 7) is 1.25. The second-order valence-electron chi connectivity index (χ2n) is 7.28. The number of aliphatic hydroxyl groups excluding tert-OH is 2. The highest BCUT2D eigenvalue weighted by atomic mass is 35.5. The van der Waals surface area contributed by atoms with E-state index in [0.29, 0.717) is 24.7 Å². The molecule has 0 unspecified atom stereocenters. The van der Waals surface area contributed by atoms with Gasteiger partial charge in [0.25, 0.3) is 0 Å². The van der Waals surface area contributed by atoms with Crippen LogP contribution in [0.25, 0.3) is 0 Å². The molecule has 2 aromatic rings. The Morgan fingerprint density at radius 1 is 1.07 bits per heavy atom. The minimum atomic E-state index is -1.12. The predicted molar refractivity (Wildman–Crippen MR) is 113 cm³/mol. The van der Waals surface area contributed by atoms with Gasteiger partial charge < -0.3 is 30.3 Å². The zero-order valence-corrected chi connectivity index (χ0v) is 17.5. The molecule has 0 saturated carbocycles. The Morgan fingerprint density at radius 3 is 2.50 bits per heavy atom. The van der Waals surface area contributed by atoms with Crippen LogP contribution in [0, 0.1) is 0 Å². The lowest BCUT2D eigenvalue weighted by Crippen LogP contribution is -2.38. The summed E-state index contributed by atoms with van der Waals surface area (Å²) in [6.07, 6.45) is -3.56. The third kappa shape index (κ3) is 6.17. The summed E-state index contributed by atoms with van der Waals surface area (Å²) in [7, 11) is 1.60. The van der Waals surface area contributed by atoms with Crippen LogP contribution >= 0.6 is 11.6 Å². The number of carbonyl (C=O) groups excluding carboxylic acids is 1. The van der Waals surface area contributed by atoms with Crippen molar-refractivity contribution in [3.05, 3.63) is 64.7 Å². The van der Waals surface area contributed by atoms with E-state index in [-0.39, 0.29) is 12.3 Å². The lowest BCUT2D eigenvalue weighted by molar-refractivity contribution is -0.125. The molecular formula is C22H27ClN2O5. The van der Waals surface area contributed by atoms with E-state index in [9.17, 15) is 15.0 Å². The van der Waals surface area contributed by atoms with Gasteiger partial charge in [-0.15, -0.1) is 0 Å². The molecule has 7 nitrogen and oxygen atoms in total. The standard InChI is InChI=1S/C22H27ClN2O5/c1-29-17-7-5-14(6-8-17)12-25-20(26)10-18-21(27)22(28)19(30-18)13-24-11-15-3-2-4-16(23)9-15/h2-9,18-19,21-22,24,27-28H,10-13H2,1H3,(H,25,26)/t18-,19+,21-,22+/m0/s1. The van der Waals surface area contributed by atoms with Gasteiger partial charge >= 0.3 is 0 Å². The molecule has 1 saturated heterocycles. The summed E-state index contributed by atoms with van der Waals surface area (Å²) >= 11 is 5.97. The van der Waals surface area contributed by atoms with Gasteiger partial charge in [-0.3, -0.25) is 4.79 Å². The number of carbonyl (C=O) groups is 1. The molecule has 30 heavy (non-hydrogen) atoms. The lowest BCUT2D eigenvalue weighted by atomic mass is 10.1. The first-order valence-electron chi connectivity index (χ1n) is 9.82. The second-order valence-corrected chi connectivity index (χ2v) is 7.72. The van der Waals surface area contributed by atoms with Gasteiger partial charge in [-0.25, -0.2) is 0 Å². The van der Waals surface area contributed by atoms with E-state index in [4.69, 9.17) is 21.1 Å². The first kappa shape index (κ1) is 22.5. The molecule has 1 heterocycles. The van der Waals surface area contributed by atoms with Crippen LogP contribution in [0.3, 0.4) is 0 Å². The third-order valence-corrected chi connectivity index (χ3v) is 5.30. The average molecular weight is 435 g/mol. The van der Waals surface area contributed by atoms with E-state index in [1.54, 1.807) is 13.2 Å². The van der Waals surface area contributed by atoms with Crippen LogP contribution in [0.1, 0.15) is 17.5 Å². The molecule has 0 aromatic heterocycles. The number of hydrogen-bond acceptors (Lipinski definition) is 6. The van der Waals surface area contributed by atoms with Crippen molar-refractivity contribution in [3.8, 4) is 5.75 Å². The van der Waals surface area contributed by atoms with Gasteiger partial charge in [-0.2, -0.15) is 0 Å². The van der Waals surface area contributed by atoms with Gasteiger partial charge in [0.05, 0.1) is 25.7 Å². The predicted octanol–water partition coefficient (Wildman–Crippen LogP) is 1.63. The van der Waals surface area contributed by atoms with Crippen LogP contribution in [0.5, 0.6) is 5.75 Å². The zero-order chi connectivity index (χ0) is 21.5. The Labute approximate surface area is 181 Å². The Morgan fingerprint density at radius 2 is 1.80 bits per heavy atom. The van der Waals surface area contributed by atoms with E-state index in [2.05, 4.69) is 10.6 Å². The summed E-state index contributed by atoms with van der Waals surface area (Å²) in [5.74, 6) is 0.492. The first-order valence-corrected chi connectivity index (χ1v) is 10.2. The number of aliphatic hydroxyl groups is 2. The summed E-state index contributed by atoms with van der Waals surface area (Å²) in [6, 6.07) is 14.8. The Bertz CT molecular complexity index is 833. The topological polar surface area (TPSA) is 100 Å². The second kappa shape index (κ2) is 10.7. The van der Waals surface area contributed by atoms with E-state index < -0.39 is 24.4 Å². The molecule has 2 aromatic carbocycles. The SMILES string of the molecule is COc1ccc(CNC(=O)C[C@@H]2O[C@H](CNCc3cccc(Cl)c3)[C@@H](O)[C@H]2O)cc1. The maximum atomic E-state index is 12.2. The molecule has 1 aliphatic rings. The van der Waals surface area contributed by atoms with Crippen LogP contribution in [0.15, 0.2) is 48.5 Å². The minimum Gasteiger partial charge on any atom is -0.497 e. The molecule has 1 aliphatic heterocycles. The van der Waals surface area contributed by atoms with Crippen LogP contribution in [0.2, 0.25) is 5.02 Å². The van der Waals surface area contributed by atoms with Crippen molar-refractivity contribution in [2.45, 2.75) is 43.9 Å². The maximum Gasteiger partial charge on any atom is 0.222 e. The Kier molecular flexibility index (Phi) is 8.07. The van der Waals surface area contributed by atoms with Crippen molar-refractivity contribution in [1.82, 2.24) is 10.6 Å². The van der Waals surface area contributed by atoms with Gasteiger partial charge in [0.1, 0.15) is 18.0 Å². The third-order valence-electron chi connectivity index (χ3n) is 5.06. The van der Waals surface area contributed by atoms with E-state index in [1.807, 2.05) is 42.5 Å². The monoisotopic (exact) mass is 434 g/mol. The fourth-order valence-corrected chi connectivity index (χ4v) is 3.58. The highest BCUT2D eigenvalue weighted by Crippen LogP contribution is 2.23. The molecule has 4 N–H and O–H groups in total. The summed E-state index contributed by atoms with van der Waals surface area (Å²) < 4.78 is 10.8. The van der Waals surface area contributed by atoms with E-state index in [1.165, 1.54) is 0 Å². The largest absolute Gasteiger partial charge is 0.497 e. The minimum absolute atomic E-state index is 0.0286. The average Bonchev–Trinajstić information content (AvgIpc) is 3.00. The van der Waals surface area contributed by atoms with Crippen molar-refractivity contribution >= 4 is 17.5 Å². The molecule has 162 valence electrons. The highest BCUT2D eigenvalue weighted by Gasteiger charge is 2.42. The highest BCUT2D eigenvalue weighted by molar-refractivity contribution is 6.30.